The molecule has 1 N–H and O–H groups in total. The van der Waals surface area contributed by atoms with Crippen molar-refractivity contribution >= 4 is 13.0 Å². The van der Waals surface area contributed by atoms with Crippen molar-refractivity contribution in [2.75, 3.05) is 13.3 Å². The van der Waals surface area contributed by atoms with Gasteiger partial charge in [0.1, 0.15) is 11.8 Å². The van der Waals surface area contributed by atoms with Crippen molar-refractivity contribution in [1.29, 1.82) is 0 Å². The summed E-state index contributed by atoms with van der Waals surface area (Å²) in [6.07, 6.45) is -0.922. The third kappa shape index (κ3) is 2.66. The fraction of sp³-hybridized carbons (Fsp3) is 0.500. The quantitative estimate of drug-likeness (QED) is 0.864. The summed E-state index contributed by atoms with van der Waals surface area (Å²) in [5.41, 5.74) is 0.900. The zero-order valence-electron chi connectivity index (χ0n) is 11.9. The van der Waals surface area contributed by atoms with Crippen LogP contribution < -0.4 is 0 Å². The summed E-state index contributed by atoms with van der Waals surface area (Å²) >= 11 is 0. The molecule has 2 rings (SSSR count). The van der Waals surface area contributed by atoms with Crippen molar-refractivity contribution in [3.05, 3.63) is 35.9 Å². The first-order chi connectivity index (χ1) is 9.25. The van der Waals surface area contributed by atoms with Gasteiger partial charge < -0.3 is 9.67 Å². The minimum absolute atomic E-state index is 0.130. The summed E-state index contributed by atoms with van der Waals surface area (Å²) < 4.78 is 12.3. The average Bonchev–Trinajstić information content (AvgIpc) is 2.60. The molecule has 1 fully saturated rings. The fourth-order valence-corrected chi connectivity index (χ4v) is 3.37. The second-order valence-electron chi connectivity index (χ2n) is 5.70. The molecule has 2 unspecified atom stereocenters. The Morgan fingerprint density at radius 3 is 2.50 bits per heavy atom. The fourth-order valence-electron chi connectivity index (χ4n) is 2.21. The van der Waals surface area contributed by atoms with Gasteiger partial charge in [-0.2, -0.15) is 5.06 Å². The van der Waals surface area contributed by atoms with Gasteiger partial charge in [0.15, 0.2) is 6.23 Å². The van der Waals surface area contributed by atoms with Crippen LogP contribution >= 0.6 is 7.14 Å². The molecule has 5 nitrogen and oxygen atoms in total. The van der Waals surface area contributed by atoms with Gasteiger partial charge in [-0.15, -0.1) is 0 Å². The minimum Gasteiger partial charge on any atom is -0.371 e. The van der Waals surface area contributed by atoms with E-state index in [-0.39, 0.29) is 13.0 Å². The molecule has 2 atom stereocenters. The predicted molar refractivity (Wildman–Crippen MR) is 76.6 cm³/mol. The van der Waals surface area contributed by atoms with Crippen LogP contribution in [0.15, 0.2) is 30.3 Å². The molecule has 0 radical (unpaired) electrons. The summed E-state index contributed by atoms with van der Waals surface area (Å²) in [6, 6.07) is 9.38. The van der Waals surface area contributed by atoms with Gasteiger partial charge in [-0.1, -0.05) is 30.3 Å². The van der Waals surface area contributed by atoms with Crippen molar-refractivity contribution in [2.45, 2.75) is 31.3 Å². The second kappa shape index (κ2) is 5.32. The van der Waals surface area contributed by atoms with Crippen LogP contribution in [-0.2, 0) is 20.8 Å². The van der Waals surface area contributed by atoms with Crippen LogP contribution in [0.1, 0.15) is 18.9 Å². The van der Waals surface area contributed by atoms with Crippen LogP contribution in [0.4, 0.5) is 0 Å². The molecule has 1 aromatic rings. The summed E-state index contributed by atoms with van der Waals surface area (Å²) in [4.78, 5) is 17.8. The smallest absolute Gasteiger partial charge is 0.262 e. The molecule has 0 aromatic heterocycles. The monoisotopic (exact) mass is 297 g/mol. The zero-order valence-corrected chi connectivity index (χ0v) is 12.8. The Morgan fingerprint density at radius 1 is 1.40 bits per heavy atom. The molecule has 110 valence electrons. The van der Waals surface area contributed by atoms with E-state index in [9.17, 15) is 14.5 Å². The lowest BCUT2D eigenvalue weighted by Crippen LogP contribution is -2.38. The van der Waals surface area contributed by atoms with E-state index < -0.39 is 24.4 Å². The number of carbonyl (C=O) groups is 1. The standard InChI is InChI=1S/C14H20NO4P/c1-14(20(2,3)18)9-12(16)15(13(14)17)19-10-11-7-5-4-6-8-11/h4-8,12,16H,9-10H2,1-3H3. The third-order valence-corrected chi connectivity index (χ3v) is 6.66. The third-order valence-electron chi connectivity index (χ3n) is 3.91. The van der Waals surface area contributed by atoms with E-state index in [1.807, 2.05) is 30.3 Å². The largest absolute Gasteiger partial charge is 0.371 e. The Morgan fingerprint density at radius 2 is 2.00 bits per heavy atom. The number of carbonyl (C=O) groups excluding carboxylic acids is 1. The van der Waals surface area contributed by atoms with Crippen molar-refractivity contribution in [3.63, 3.8) is 0 Å². The average molecular weight is 297 g/mol. The van der Waals surface area contributed by atoms with E-state index in [0.29, 0.717) is 0 Å². The maximum absolute atomic E-state index is 12.4. The Bertz CT molecular complexity index is 541. The van der Waals surface area contributed by atoms with Crippen LogP contribution in [0.25, 0.3) is 0 Å². The second-order valence-corrected chi connectivity index (χ2v) is 9.39. The van der Waals surface area contributed by atoms with E-state index >= 15 is 0 Å². The molecule has 6 heteroatoms. The van der Waals surface area contributed by atoms with E-state index in [4.69, 9.17) is 4.84 Å². The minimum atomic E-state index is -2.68. The first-order valence-electron chi connectivity index (χ1n) is 6.49. The maximum atomic E-state index is 12.4. The molecule has 1 aromatic carbocycles. The summed E-state index contributed by atoms with van der Waals surface area (Å²) in [6.45, 7) is 4.96. The molecule has 0 saturated carbocycles. The van der Waals surface area contributed by atoms with Crippen LogP contribution in [-0.4, -0.2) is 40.8 Å². The van der Waals surface area contributed by atoms with Crippen LogP contribution in [0, 0.1) is 0 Å². The summed E-state index contributed by atoms with van der Waals surface area (Å²) in [5, 5.41) is 9.91. The van der Waals surface area contributed by atoms with Crippen molar-refractivity contribution in [2.24, 2.45) is 0 Å². The van der Waals surface area contributed by atoms with Crippen molar-refractivity contribution in [3.8, 4) is 0 Å². The maximum Gasteiger partial charge on any atom is 0.262 e. The number of aliphatic hydroxyl groups is 1. The molecule has 0 spiro atoms. The molecular weight excluding hydrogens is 277 g/mol. The summed E-state index contributed by atoms with van der Waals surface area (Å²) in [5.74, 6) is -0.408. The molecule has 1 aliphatic heterocycles. The van der Waals surface area contributed by atoms with E-state index in [1.54, 1.807) is 20.3 Å². The number of benzene rings is 1. The first-order valence-corrected chi connectivity index (χ1v) is 9.09. The van der Waals surface area contributed by atoms with Crippen LogP contribution in [0.2, 0.25) is 0 Å². The SMILES string of the molecule is CC1(P(C)(C)=O)CC(O)N(OCc2ccccc2)C1=O. The number of rotatable bonds is 4. The predicted octanol–water partition coefficient (Wildman–Crippen LogP) is 2.05. The Kier molecular flexibility index (Phi) is 4.05. The highest BCUT2D eigenvalue weighted by Gasteiger charge is 2.55. The molecule has 20 heavy (non-hydrogen) atoms. The highest BCUT2D eigenvalue weighted by atomic mass is 31.2. The number of hydrogen-bond acceptors (Lipinski definition) is 4. The van der Waals surface area contributed by atoms with Crippen molar-refractivity contribution < 1.29 is 19.3 Å². The van der Waals surface area contributed by atoms with Crippen LogP contribution in [0.3, 0.4) is 0 Å². The lowest BCUT2D eigenvalue weighted by Gasteiger charge is -2.26. The Balaban J connectivity index is 2.10. The first kappa shape index (κ1) is 15.2. The van der Waals surface area contributed by atoms with Gasteiger partial charge in [0.2, 0.25) is 0 Å². The number of nitrogens with zero attached hydrogens (tertiary/aromatic N) is 1. The van der Waals surface area contributed by atoms with Gasteiger partial charge in [0, 0.05) is 6.42 Å². The van der Waals surface area contributed by atoms with E-state index in [1.165, 1.54) is 0 Å². The molecule has 0 aliphatic carbocycles. The molecule has 1 heterocycles. The normalized spacial score (nSPS) is 27.1. The van der Waals surface area contributed by atoms with E-state index in [2.05, 4.69) is 0 Å². The van der Waals surface area contributed by atoms with Gasteiger partial charge in [0.25, 0.3) is 5.91 Å². The molecule has 1 saturated heterocycles. The topological polar surface area (TPSA) is 66.8 Å². The number of hydroxylamine groups is 2. The van der Waals surface area contributed by atoms with Gasteiger partial charge in [-0.3, -0.25) is 9.63 Å². The van der Waals surface area contributed by atoms with Gasteiger partial charge in [-0.25, -0.2) is 0 Å². The molecular formula is C14H20NO4P. The summed E-state index contributed by atoms with van der Waals surface area (Å²) in [7, 11) is -2.68. The van der Waals surface area contributed by atoms with Crippen molar-refractivity contribution in [1.82, 2.24) is 5.06 Å². The Hall–Kier alpha value is -1.16. The number of aliphatic hydroxyl groups excluding tert-OH is 1. The molecule has 1 aliphatic rings. The van der Waals surface area contributed by atoms with Crippen LogP contribution in [0.5, 0.6) is 0 Å². The molecule has 0 bridgehead atoms. The van der Waals surface area contributed by atoms with E-state index in [0.717, 1.165) is 10.6 Å². The lowest BCUT2D eigenvalue weighted by atomic mass is 10.1. The number of amides is 1. The van der Waals surface area contributed by atoms with Gasteiger partial charge in [-0.05, 0) is 25.8 Å². The zero-order chi connectivity index (χ0) is 15.0. The number of hydrogen-bond donors (Lipinski definition) is 1. The van der Waals surface area contributed by atoms with Gasteiger partial charge in [0.05, 0.1) is 7.14 Å². The molecule has 1 amide bonds. The highest BCUT2D eigenvalue weighted by molar-refractivity contribution is 7.65. The lowest BCUT2D eigenvalue weighted by molar-refractivity contribution is -0.225. The Labute approximate surface area is 118 Å². The highest BCUT2D eigenvalue weighted by Crippen LogP contribution is 2.57. The van der Waals surface area contributed by atoms with Gasteiger partial charge >= 0.3 is 0 Å².